The summed E-state index contributed by atoms with van der Waals surface area (Å²) in [6.45, 7) is 1.81. The molecule has 0 unspecified atom stereocenters. The average molecular weight is 480 g/mol. The molecule has 0 aliphatic heterocycles. The monoisotopic (exact) mass is 479 g/mol. The van der Waals surface area contributed by atoms with Crippen LogP contribution in [0, 0.1) is 0 Å². The summed E-state index contributed by atoms with van der Waals surface area (Å²) in [4.78, 5) is 16.2. The first-order chi connectivity index (χ1) is 16.5. The Labute approximate surface area is 202 Å². The Bertz CT molecular complexity index is 1320. The highest BCUT2D eigenvalue weighted by Crippen LogP contribution is 2.31. The van der Waals surface area contributed by atoms with Crippen LogP contribution >= 0.6 is 11.3 Å². The number of aromatic nitrogens is 1. The van der Waals surface area contributed by atoms with Gasteiger partial charge in [0.1, 0.15) is 17.0 Å². The molecule has 0 amide bonds. The van der Waals surface area contributed by atoms with Gasteiger partial charge < -0.3 is 30.2 Å². The van der Waals surface area contributed by atoms with E-state index in [0.717, 1.165) is 35.7 Å². The zero-order valence-electron chi connectivity index (χ0n) is 19.2. The quantitative estimate of drug-likeness (QED) is 0.258. The normalized spacial score (nSPS) is 12.1. The molecular formula is C26H29N3O4S. The number of hydrogen-bond donors (Lipinski definition) is 4. The number of ether oxygens (including phenoxy) is 1. The molecular weight excluding hydrogens is 450 g/mol. The number of para-hydroxylation sites is 2. The first-order valence-electron chi connectivity index (χ1n) is 11.1. The van der Waals surface area contributed by atoms with Crippen LogP contribution in [0.5, 0.6) is 11.5 Å². The lowest BCUT2D eigenvalue weighted by atomic mass is 10.1. The number of hydrogen-bond acceptors (Lipinski definition) is 7. The topological polar surface area (TPSA) is 97.8 Å². The molecule has 4 rings (SSSR count). The highest BCUT2D eigenvalue weighted by atomic mass is 32.1. The van der Waals surface area contributed by atoms with Gasteiger partial charge in [0.15, 0.2) is 0 Å². The van der Waals surface area contributed by atoms with Crippen molar-refractivity contribution < 1.29 is 14.9 Å². The van der Waals surface area contributed by atoms with E-state index >= 15 is 0 Å². The maximum absolute atomic E-state index is 11.7. The van der Waals surface area contributed by atoms with E-state index in [1.807, 2.05) is 24.3 Å². The fourth-order valence-electron chi connectivity index (χ4n) is 4.07. The lowest BCUT2D eigenvalue weighted by Gasteiger charge is -2.22. The highest BCUT2D eigenvalue weighted by molar-refractivity contribution is 7.16. The van der Waals surface area contributed by atoms with Crippen LogP contribution in [0.1, 0.15) is 22.8 Å². The van der Waals surface area contributed by atoms with E-state index in [0.29, 0.717) is 28.9 Å². The molecule has 34 heavy (non-hydrogen) atoms. The molecule has 7 nitrogen and oxygen atoms in total. The van der Waals surface area contributed by atoms with Gasteiger partial charge in [0.05, 0.1) is 23.6 Å². The Kier molecular flexibility index (Phi) is 7.52. The number of aromatic amines is 1. The zero-order chi connectivity index (χ0) is 24.1. The minimum absolute atomic E-state index is 0.00786. The molecule has 0 aliphatic carbocycles. The van der Waals surface area contributed by atoms with Gasteiger partial charge in [-0.1, -0.05) is 53.8 Å². The van der Waals surface area contributed by atoms with Crippen LogP contribution in [-0.4, -0.2) is 42.4 Å². The van der Waals surface area contributed by atoms with Crippen molar-refractivity contribution in [2.45, 2.75) is 19.1 Å². The van der Waals surface area contributed by atoms with E-state index in [2.05, 4.69) is 46.5 Å². The van der Waals surface area contributed by atoms with Crippen molar-refractivity contribution in [1.82, 2.24) is 10.3 Å². The molecule has 178 valence electrons. The molecule has 0 fully saturated rings. The third-order valence-electron chi connectivity index (χ3n) is 5.78. The summed E-state index contributed by atoms with van der Waals surface area (Å²) in [5, 5.41) is 23.9. The Morgan fingerprint density at radius 3 is 2.74 bits per heavy atom. The van der Waals surface area contributed by atoms with E-state index in [9.17, 15) is 15.0 Å². The van der Waals surface area contributed by atoms with Gasteiger partial charge in [0, 0.05) is 25.7 Å². The Morgan fingerprint density at radius 2 is 1.91 bits per heavy atom. The van der Waals surface area contributed by atoms with Gasteiger partial charge in [0.25, 0.3) is 0 Å². The van der Waals surface area contributed by atoms with Crippen LogP contribution < -0.4 is 19.8 Å². The van der Waals surface area contributed by atoms with Crippen molar-refractivity contribution in [2.75, 3.05) is 32.1 Å². The van der Waals surface area contributed by atoms with E-state index in [1.54, 1.807) is 13.2 Å². The van der Waals surface area contributed by atoms with Crippen molar-refractivity contribution in [1.29, 1.82) is 0 Å². The van der Waals surface area contributed by atoms with Crippen LogP contribution in [0.15, 0.2) is 65.5 Å². The maximum atomic E-state index is 11.7. The molecule has 3 aromatic carbocycles. The molecule has 1 aromatic heterocycles. The molecule has 4 N–H and O–H groups in total. The summed E-state index contributed by atoms with van der Waals surface area (Å²) >= 11 is 0.994. The van der Waals surface area contributed by atoms with E-state index in [-0.39, 0.29) is 10.6 Å². The first-order valence-corrected chi connectivity index (χ1v) is 11.9. The first kappa shape index (κ1) is 23.8. The van der Waals surface area contributed by atoms with Crippen LogP contribution in [0.25, 0.3) is 10.2 Å². The SMILES string of the molecule is COc1ccccc1N(C)Cc1cccc(CCNC[C@H](O)c2ccc(O)c3[nH]c(=O)sc23)c1. The molecule has 4 aromatic rings. The van der Waals surface area contributed by atoms with Gasteiger partial charge in [-0.25, -0.2) is 0 Å². The number of aliphatic hydroxyl groups is 1. The number of methoxy groups -OCH3 is 1. The summed E-state index contributed by atoms with van der Waals surface area (Å²) in [7, 11) is 3.73. The molecule has 0 spiro atoms. The number of aromatic hydroxyl groups is 1. The Morgan fingerprint density at radius 1 is 1.12 bits per heavy atom. The zero-order valence-corrected chi connectivity index (χ0v) is 20.1. The van der Waals surface area contributed by atoms with E-state index in [4.69, 9.17) is 4.74 Å². The minimum Gasteiger partial charge on any atom is -0.506 e. The number of benzene rings is 3. The lowest BCUT2D eigenvalue weighted by Crippen LogP contribution is -2.24. The number of phenolic OH excluding ortho intramolecular Hbond substituents is 1. The van der Waals surface area contributed by atoms with E-state index < -0.39 is 6.10 Å². The van der Waals surface area contributed by atoms with Gasteiger partial charge >= 0.3 is 4.87 Å². The van der Waals surface area contributed by atoms with Crippen LogP contribution in [0.4, 0.5) is 5.69 Å². The third-order valence-corrected chi connectivity index (χ3v) is 6.71. The van der Waals surface area contributed by atoms with Crippen LogP contribution in [-0.2, 0) is 13.0 Å². The van der Waals surface area contributed by atoms with Gasteiger partial charge in [0.2, 0.25) is 0 Å². The summed E-state index contributed by atoms with van der Waals surface area (Å²) in [5.74, 6) is 0.857. The number of rotatable bonds is 10. The number of nitrogens with zero attached hydrogens (tertiary/aromatic N) is 1. The molecule has 0 aliphatic rings. The summed E-state index contributed by atoms with van der Waals surface area (Å²) < 4.78 is 6.06. The standard InChI is InChI=1S/C26H29N3O4S/c1-29(20-8-3-4-9-23(20)33-2)16-18-7-5-6-17(14-18)12-13-27-15-22(31)19-10-11-21(30)24-25(19)34-26(32)28-24/h3-11,14,22,27,30-31H,12-13,15-16H2,1-2H3,(H,28,32)/t22-/m0/s1. The number of thiazole rings is 1. The highest BCUT2D eigenvalue weighted by Gasteiger charge is 2.16. The van der Waals surface area contributed by atoms with Gasteiger partial charge in [-0.3, -0.25) is 4.79 Å². The predicted molar refractivity (Wildman–Crippen MR) is 137 cm³/mol. The molecule has 1 heterocycles. The molecule has 1 atom stereocenters. The largest absolute Gasteiger partial charge is 0.506 e. The second kappa shape index (κ2) is 10.7. The van der Waals surface area contributed by atoms with Crippen LogP contribution in [0.2, 0.25) is 0 Å². The number of nitrogens with one attached hydrogen (secondary N) is 2. The Balaban J connectivity index is 1.32. The summed E-state index contributed by atoms with van der Waals surface area (Å²) in [5.41, 5.74) is 4.47. The molecule has 0 saturated heterocycles. The van der Waals surface area contributed by atoms with Crippen LogP contribution in [0.3, 0.4) is 0 Å². The van der Waals surface area contributed by atoms with Crippen molar-refractivity contribution >= 4 is 27.2 Å². The average Bonchev–Trinajstić information content (AvgIpc) is 3.24. The van der Waals surface area contributed by atoms with Gasteiger partial charge in [-0.2, -0.15) is 0 Å². The summed E-state index contributed by atoms with van der Waals surface area (Å²) in [6, 6.07) is 19.6. The van der Waals surface area contributed by atoms with Gasteiger partial charge in [-0.15, -0.1) is 0 Å². The maximum Gasteiger partial charge on any atom is 0.305 e. The van der Waals surface area contributed by atoms with Gasteiger partial charge in [-0.05, 0) is 42.3 Å². The third kappa shape index (κ3) is 5.41. The summed E-state index contributed by atoms with van der Waals surface area (Å²) in [6.07, 6.45) is 0.0388. The van der Waals surface area contributed by atoms with Crippen molar-refractivity contribution in [3.05, 3.63) is 87.0 Å². The molecule has 8 heteroatoms. The lowest BCUT2D eigenvalue weighted by molar-refractivity contribution is 0.176. The molecule has 0 saturated carbocycles. The fraction of sp³-hybridized carbons (Fsp3) is 0.269. The number of phenols is 1. The van der Waals surface area contributed by atoms with Crippen molar-refractivity contribution in [3.63, 3.8) is 0 Å². The predicted octanol–water partition coefficient (Wildman–Crippen LogP) is 3.81. The second-order valence-corrected chi connectivity index (χ2v) is 9.19. The smallest absolute Gasteiger partial charge is 0.305 e. The molecule has 0 bridgehead atoms. The minimum atomic E-state index is -0.782. The number of fused-ring (bicyclic) bond motifs is 1. The molecule has 0 radical (unpaired) electrons. The fourth-order valence-corrected chi connectivity index (χ4v) is 4.99. The van der Waals surface area contributed by atoms with E-state index in [1.165, 1.54) is 17.2 Å². The Hall–Kier alpha value is -3.33. The number of H-pyrrole nitrogens is 1. The second-order valence-electron chi connectivity index (χ2n) is 8.21. The number of anilines is 1. The van der Waals surface area contributed by atoms with Crippen molar-refractivity contribution in [2.24, 2.45) is 0 Å². The number of aliphatic hydroxyl groups excluding tert-OH is 1. The van der Waals surface area contributed by atoms with Crippen molar-refractivity contribution in [3.8, 4) is 11.5 Å².